The summed E-state index contributed by atoms with van der Waals surface area (Å²) in [6.45, 7) is 13.2. The molecule has 2 heterocycles. The highest BCUT2D eigenvalue weighted by atomic mass is 15.3. The van der Waals surface area contributed by atoms with Gasteiger partial charge in [-0.15, -0.1) is 0 Å². The van der Waals surface area contributed by atoms with Crippen molar-refractivity contribution in [2.24, 2.45) is 5.73 Å². The monoisotopic (exact) mass is 395 g/mol. The molecule has 0 bridgehead atoms. The predicted molar refractivity (Wildman–Crippen MR) is 122 cm³/mol. The minimum Gasteiger partial charge on any atom is -0.329 e. The second kappa shape index (κ2) is 12.7. The van der Waals surface area contributed by atoms with Gasteiger partial charge in [-0.25, -0.2) is 0 Å². The van der Waals surface area contributed by atoms with E-state index in [4.69, 9.17) is 5.73 Å². The normalized spacial score (nSPS) is 18.8. The number of hydrogen-bond acceptors (Lipinski definition) is 5. The minimum atomic E-state index is 0.776. The smallest absolute Gasteiger partial charge is 0.0234 e. The summed E-state index contributed by atoms with van der Waals surface area (Å²) in [5.74, 6) is 0. The number of piperazine rings is 2. The third-order valence-corrected chi connectivity index (χ3v) is 5.62. The first-order valence-electron chi connectivity index (χ1n) is 11.0. The summed E-state index contributed by atoms with van der Waals surface area (Å²) >= 11 is 0. The zero-order valence-corrected chi connectivity index (χ0v) is 17.7. The van der Waals surface area contributed by atoms with Crippen LogP contribution in [0.4, 0.5) is 0 Å². The third kappa shape index (κ3) is 8.25. The van der Waals surface area contributed by atoms with Crippen LogP contribution in [0.5, 0.6) is 0 Å². The van der Waals surface area contributed by atoms with Crippen LogP contribution in [0, 0.1) is 0 Å². The lowest BCUT2D eigenvalue weighted by atomic mass is 10.2. The zero-order chi connectivity index (χ0) is 20.2. The molecule has 0 spiro atoms. The molecule has 2 aromatic rings. The Balaban J connectivity index is 0.000000169. The van der Waals surface area contributed by atoms with Crippen molar-refractivity contribution < 1.29 is 0 Å². The molecule has 5 nitrogen and oxygen atoms in total. The predicted octanol–water partition coefficient (Wildman–Crippen LogP) is 1.85. The van der Waals surface area contributed by atoms with Gasteiger partial charge in [0.15, 0.2) is 0 Å². The Morgan fingerprint density at radius 1 is 0.621 bits per heavy atom. The highest BCUT2D eigenvalue weighted by Crippen LogP contribution is 2.08. The average molecular weight is 396 g/mol. The van der Waals surface area contributed by atoms with Crippen molar-refractivity contribution in [1.29, 1.82) is 0 Å². The van der Waals surface area contributed by atoms with Crippen LogP contribution < -0.4 is 11.1 Å². The van der Waals surface area contributed by atoms with E-state index in [9.17, 15) is 0 Å². The summed E-state index contributed by atoms with van der Waals surface area (Å²) in [6, 6.07) is 21.4. The van der Waals surface area contributed by atoms with E-state index in [1.807, 2.05) is 0 Å². The zero-order valence-electron chi connectivity index (χ0n) is 17.7. The molecule has 0 unspecified atom stereocenters. The van der Waals surface area contributed by atoms with Gasteiger partial charge in [0.2, 0.25) is 0 Å². The summed E-state index contributed by atoms with van der Waals surface area (Å²) in [5.41, 5.74) is 8.39. The number of nitrogens with one attached hydrogen (secondary N) is 1. The van der Waals surface area contributed by atoms with E-state index in [1.54, 1.807) is 0 Å². The molecule has 0 radical (unpaired) electrons. The Bertz CT molecular complexity index is 649. The first-order valence-corrected chi connectivity index (χ1v) is 11.0. The molecule has 158 valence electrons. The molecule has 0 amide bonds. The Morgan fingerprint density at radius 2 is 1.07 bits per heavy atom. The maximum absolute atomic E-state index is 5.56. The molecule has 29 heavy (non-hydrogen) atoms. The standard InChI is InChI=1S/C13H21N3.C11H16N2/c14-6-7-15-8-10-16(11-9-15)12-13-4-2-1-3-5-13;1-2-4-11(5-3-1)10-13-8-6-12-7-9-13/h1-5H,6-12,14H2;1-5,12H,6-10H2. The molecule has 0 aromatic heterocycles. The molecule has 0 saturated carbocycles. The van der Waals surface area contributed by atoms with Crippen LogP contribution >= 0.6 is 0 Å². The second-order valence-electron chi connectivity index (χ2n) is 7.90. The van der Waals surface area contributed by atoms with Gasteiger partial charge >= 0.3 is 0 Å². The first-order chi connectivity index (χ1) is 14.3. The van der Waals surface area contributed by atoms with E-state index >= 15 is 0 Å². The van der Waals surface area contributed by atoms with E-state index in [0.29, 0.717) is 0 Å². The number of rotatable bonds is 6. The summed E-state index contributed by atoms with van der Waals surface area (Å²) < 4.78 is 0. The molecule has 2 saturated heterocycles. The van der Waals surface area contributed by atoms with E-state index in [0.717, 1.165) is 65.4 Å². The molecule has 2 aromatic carbocycles. The van der Waals surface area contributed by atoms with Crippen LogP contribution in [0.1, 0.15) is 11.1 Å². The van der Waals surface area contributed by atoms with Gasteiger partial charge in [-0.1, -0.05) is 60.7 Å². The topological polar surface area (TPSA) is 47.8 Å². The van der Waals surface area contributed by atoms with Crippen LogP contribution in [-0.4, -0.2) is 80.1 Å². The van der Waals surface area contributed by atoms with Crippen molar-refractivity contribution >= 4 is 0 Å². The van der Waals surface area contributed by atoms with E-state index < -0.39 is 0 Å². The Hall–Kier alpha value is -1.76. The van der Waals surface area contributed by atoms with Crippen molar-refractivity contribution in [2.45, 2.75) is 13.1 Å². The summed E-state index contributed by atoms with van der Waals surface area (Å²) in [4.78, 5) is 7.45. The Morgan fingerprint density at radius 3 is 1.55 bits per heavy atom. The maximum atomic E-state index is 5.56. The van der Waals surface area contributed by atoms with E-state index in [-0.39, 0.29) is 0 Å². The Kier molecular flexibility index (Phi) is 9.63. The summed E-state index contributed by atoms with van der Waals surface area (Å²) in [6.07, 6.45) is 0. The highest BCUT2D eigenvalue weighted by molar-refractivity contribution is 5.15. The van der Waals surface area contributed by atoms with E-state index in [1.165, 1.54) is 24.2 Å². The van der Waals surface area contributed by atoms with Crippen LogP contribution in [0.25, 0.3) is 0 Å². The van der Waals surface area contributed by atoms with Gasteiger partial charge in [0, 0.05) is 78.5 Å². The molecule has 5 heteroatoms. The number of nitrogens with two attached hydrogens (primary N) is 1. The summed E-state index contributed by atoms with van der Waals surface area (Å²) in [5, 5.41) is 3.36. The minimum absolute atomic E-state index is 0.776. The lowest BCUT2D eigenvalue weighted by molar-refractivity contribution is 0.130. The largest absolute Gasteiger partial charge is 0.329 e. The molecule has 3 N–H and O–H groups in total. The van der Waals surface area contributed by atoms with Crippen molar-refractivity contribution in [3.8, 4) is 0 Å². The molecule has 2 aliphatic rings. The molecule has 4 rings (SSSR count). The number of nitrogens with zero attached hydrogens (tertiary/aromatic N) is 3. The van der Waals surface area contributed by atoms with Crippen LogP contribution in [0.2, 0.25) is 0 Å². The lowest BCUT2D eigenvalue weighted by Gasteiger charge is -2.34. The van der Waals surface area contributed by atoms with Crippen molar-refractivity contribution in [2.75, 3.05) is 65.4 Å². The maximum Gasteiger partial charge on any atom is 0.0234 e. The van der Waals surface area contributed by atoms with Gasteiger partial charge in [0.25, 0.3) is 0 Å². The molecule has 0 atom stereocenters. The molecule has 2 fully saturated rings. The van der Waals surface area contributed by atoms with Gasteiger partial charge in [-0.05, 0) is 11.1 Å². The molecular formula is C24H37N5. The molecule has 0 aliphatic carbocycles. The van der Waals surface area contributed by atoms with Gasteiger partial charge in [0.05, 0.1) is 0 Å². The van der Waals surface area contributed by atoms with Crippen LogP contribution in [0.3, 0.4) is 0 Å². The molecular weight excluding hydrogens is 358 g/mol. The van der Waals surface area contributed by atoms with Crippen molar-refractivity contribution in [3.05, 3.63) is 71.8 Å². The van der Waals surface area contributed by atoms with Crippen LogP contribution in [0.15, 0.2) is 60.7 Å². The fourth-order valence-corrected chi connectivity index (χ4v) is 3.91. The van der Waals surface area contributed by atoms with Gasteiger partial charge in [-0.3, -0.25) is 14.7 Å². The van der Waals surface area contributed by atoms with Crippen LogP contribution in [-0.2, 0) is 13.1 Å². The van der Waals surface area contributed by atoms with Crippen molar-refractivity contribution in [1.82, 2.24) is 20.0 Å². The lowest BCUT2D eigenvalue weighted by Crippen LogP contribution is -2.47. The number of hydrogen-bond donors (Lipinski definition) is 2. The SMILES string of the molecule is NCCN1CCN(Cc2ccccc2)CC1.c1ccc(CN2CCNCC2)cc1. The quantitative estimate of drug-likeness (QED) is 0.782. The first kappa shape index (κ1) is 21.9. The van der Waals surface area contributed by atoms with Gasteiger partial charge < -0.3 is 11.1 Å². The summed E-state index contributed by atoms with van der Waals surface area (Å²) in [7, 11) is 0. The average Bonchev–Trinajstić information content (AvgIpc) is 2.78. The van der Waals surface area contributed by atoms with E-state index in [2.05, 4.69) is 80.7 Å². The van der Waals surface area contributed by atoms with Gasteiger partial charge in [-0.2, -0.15) is 0 Å². The highest BCUT2D eigenvalue weighted by Gasteiger charge is 2.15. The fraction of sp³-hybridized carbons (Fsp3) is 0.500. The third-order valence-electron chi connectivity index (χ3n) is 5.62. The van der Waals surface area contributed by atoms with Crippen molar-refractivity contribution in [3.63, 3.8) is 0 Å². The Labute approximate surface area is 176 Å². The van der Waals surface area contributed by atoms with Gasteiger partial charge in [0.1, 0.15) is 0 Å². The fourth-order valence-electron chi connectivity index (χ4n) is 3.91. The number of benzene rings is 2. The second-order valence-corrected chi connectivity index (χ2v) is 7.90. The molecule has 2 aliphatic heterocycles.